The lowest BCUT2D eigenvalue weighted by Crippen LogP contribution is -2.21. The summed E-state index contributed by atoms with van der Waals surface area (Å²) in [6.45, 7) is 1.89. The van der Waals surface area contributed by atoms with E-state index in [2.05, 4.69) is 0 Å². The van der Waals surface area contributed by atoms with Crippen molar-refractivity contribution in [3.63, 3.8) is 0 Å². The third kappa shape index (κ3) is 3.44. The molecule has 2 atom stereocenters. The quantitative estimate of drug-likeness (QED) is 0.887. The van der Waals surface area contributed by atoms with Crippen molar-refractivity contribution in [2.24, 2.45) is 0 Å². The lowest BCUT2D eigenvalue weighted by molar-refractivity contribution is -0.206. The maximum Gasteiger partial charge on any atom is 0.418 e. The van der Waals surface area contributed by atoms with Gasteiger partial charge in [-0.2, -0.15) is 13.2 Å². The van der Waals surface area contributed by atoms with Gasteiger partial charge in [0, 0.05) is 6.04 Å². The molecule has 1 N–H and O–H groups in total. The molecule has 0 saturated heterocycles. The molecule has 0 bridgehead atoms. The zero-order valence-electron chi connectivity index (χ0n) is 9.99. The van der Waals surface area contributed by atoms with E-state index >= 15 is 0 Å². The molecule has 0 aromatic heterocycles. The van der Waals surface area contributed by atoms with Crippen molar-refractivity contribution in [1.29, 1.82) is 0 Å². The molecule has 0 radical (unpaired) electrons. The van der Waals surface area contributed by atoms with Crippen molar-refractivity contribution >= 4 is 0 Å². The van der Waals surface area contributed by atoms with Gasteiger partial charge >= 0.3 is 6.18 Å². The van der Waals surface area contributed by atoms with E-state index in [9.17, 15) is 13.2 Å². The van der Waals surface area contributed by atoms with E-state index in [0.717, 1.165) is 5.56 Å². The summed E-state index contributed by atoms with van der Waals surface area (Å²) in [6, 6.07) is 5.94. The minimum absolute atomic E-state index is 0.00427. The maximum absolute atomic E-state index is 12.4. The third-order valence-corrected chi connectivity index (χ3v) is 2.79. The maximum atomic E-state index is 12.4. The Morgan fingerprint density at radius 2 is 1.71 bits per heavy atom. The van der Waals surface area contributed by atoms with Gasteiger partial charge in [-0.15, -0.1) is 0 Å². The number of aliphatic hydroxyl groups is 1. The molecule has 0 heterocycles. The SMILES string of the molecule is CC(c1cccc(C(O)C(F)(F)F)c1)N(C)C. The molecular formula is C12H16F3NO. The molecule has 0 fully saturated rings. The first-order valence-corrected chi connectivity index (χ1v) is 5.24. The van der Waals surface area contributed by atoms with Gasteiger partial charge in [0.15, 0.2) is 6.10 Å². The monoisotopic (exact) mass is 247 g/mol. The molecule has 5 heteroatoms. The van der Waals surface area contributed by atoms with Gasteiger partial charge in [0.1, 0.15) is 0 Å². The Labute approximate surface area is 98.7 Å². The second-order valence-electron chi connectivity index (χ2n) is 4.25. The van der Waals surface area contributed by atoms with Crippen molar-refractivity contribution < 1.29 is 18.3 Å². The number of alkyl halides is 3. The smallest absolute Gasteiger partial charge is 0.379 e. The molecule has 1 aromatic rings. The topological polar surface area (TPSA) is 23.5 Å². The van der Waals surface area contributed by atoms with E-state index in [1.165, 1.54) is 18.2 Å². The van der Waals surface area contributed by atoms with Crippen LogP contribution in [0.25, 0.3) is 0 Å². The van der Waals surface area contributed by atoms with E-state index in [1.54, 1.807) is 6.07 Å². The molecule has 1 aromatic carbocycles. The lowest BCUT2D eigenvalue weighted by atomic mass is 10.0. The van der Waals surface area contributed by atoms with Crippen LogP contribution in [0.4, 0.5) is 13.2 Å². The van der Waals surface area contributed by atoms with Crippen LogP contribution in [0.1, 0.15) is 30.2 Å². The highest BCUT2D eigenvalue weighted by Gasteiger charge is 2.39. The summed E-state index contributed by atoms with van der Waals surface area (Å²) in [6.07, 6.45) is -7.04. The second kappa shape index (κ2) is 5.06. The van der Waals surface area contributed by atoms with Crippen molar-refractivity contribution in [3.8, 4) is 0 Å². The summed E-state index contributed by atoms with van der Waals surface area (Å²) in [4.78, 5) is 1.89. The Bertz CT molecular complexity index is 376. The Balaban J connectivity index is 3.01. The number of halogens is 3. The highest BCUT2D eigenvalue weighted by Crippen LogP contribution is 2.33. The highest BCUT2D eigenvalue weighted by atomic mass is 19.4. The van der Waals surface area contributed by atoms with Gasteiger partial charge in [-0.25, -0.2) is 0 Å². The van der Waals surface area contributed by atoms with Gasteiger partial charge in [-0.3, -0.25) is 0 Å². The fourth-order valence-electron chi connectivity index (χ4n) is 1.48. The Hall–Kier alpha value is -1.07. The molecule has 1 rings (SSSR count). The Morgan fingerprint density at radius 1 is 1.18 bits per heavy atom. The first-order valence-electron chi connectivity index (χ1n) is 5.24. The molecule has 96 valence electrons. The highest BCUT2D eigenvalue weighted by molar-refractivity contribution is 5.28. The van der Waals surface area contributed by atoms with E-state index in [-0.39, 0.29) is 11.6 Å². The molecule has 0 amide bonds. The summed E-state index contributed by atoms with van der Waals surface area (Å²) in [5.41, 5.74) is 0.625. The normalized spacial score (nSPS) is 16.0. The molecule has 0 aliphatic heterocycles. The molecule has 0 aliphatic carbocycles. The third-order valence-electron chi connectivity index (χ3n) is 2.79. The fourth-order valence-corrected chi connectivity index (χ4v) is 1.48. The van der Waals surface area contributed by atoms with Crippen LogP contribution in [-0.2, 0) is 0 Å². The minimum atomic E-state index is -4.63. The van der Waals surface area contributed by atoms with Crippen LogP contribution in [0.15, 0.2) is 24.3 Å². The zero-order valence-corrected chi connectivity index (χ0v) is 9.99. The fraction of sp³-hybridized carbons (Fsp3) is 0.500. The summed E-state index contributed by atoms with van der Waals surface area (Å²) in [5.74, 6) is 0. The average molecular weight is 247 g/mol. The Morgan fingerprint density at radius 3 is 2.18 bits per heavy atom. The van der Waals surface area contributed by atoms with Crippen LogP contribution in [0, 0.1) is 0 Å². The Kier molecular flexibility index (Phi) is 4.16. The van der Waals surface area contributed by atoms with Crippen molar-refractivity contribution in [3.05, 3.63) is 35.4 Å². The zero-order chi connectivity index (χ0) is 13.2. The largest absolute Gasteiger partial charge is 0.418 e. The van der Waals surface area contributed by atoms with Crippen LogP contribution in [0.5, 0.6) is 0 Å². The summed E-state index contributed by atoms with van der Waals surface area (Å²) >= 11 is 0. The lowest BCUT2D eigenvalue weighted by Gasteiger charge is -2.22. The van der Waals surface area contributed by atoms with Gasteiger partial charge in [0.2, 0.25) is 0 Å². The van der Waals surface area contributed by atoms with E-state index in [0.29, 0.717) is 0 Å². The van der Waals surface area contributed by atoms with E-state index in [1.807, 2.05) is 25.9 Å². The first-order chi connectivity index (χ1) is 7.73. The van der Waals surface area contributed by atoms with Crippen LogP contribution < -0.4 is 0 Å². The van der Waals surface area contributed by atoms with Crippen LogP contribution in [-0.4, -0.2) is 30.3 Å². The standard InChI is InChI=1S/C12H16F3NO/c1-8(16(2)3)9-5-4-6-10(7-9)11(17)12(13,14)15/h4-8,11,17H,1-3H3. The number of aliphatic hydroxyl groups excluding tert-OH is 1. The van der Waals surface area contributed by atoms with Gasteiger partial charge in [0.25, 0.3) is 0 Å². The molecule has 0 aliphatic rings. The number of nitrogens with zero attached hydrogens (tertiary/aromatic N) is 1. The molecule has 2 nitrogen and oxygen atoms in total. The predicted octanol–water partition coefficient (Wildman–Crippen LogP) is 2.90. The molecule has 2 unspecified atom stereocenters. The van der Waals surface area contributed by atoms with Gasteiger partial charge in [0.05, 0.1) is 0 Å². The molecule has 0 saturated carbocycles. The number of rotatable bonds is 3. The predicted molar refractivity (Wildman–Crippen MR) is 59.6 cm³/mol. The molecule has 0 spiro atoms. The summed E-state index contributed by atoms with van der Waals surface area (Å²) < 4.78 is 37.1. The summed E-state index contributed by atoms with van der Waals surface area (Å²) in [5, 5.41) is 9.16. The number of hydrogen-bond acceptors (Lipinski definition) is 2. The second-order valence-corrected chi connectivity index (χ2v) is 4.25. The number of benzene rings is 1. The first kappa shape index (κ1) is 14.0. The van der Waals surface area contributed by atoms with E-state index < -0.39 is 12.3 Å². The van der Waals surface area contributed by atoms with Gasteiger partial charge in [-0.05, 0) is 32.1 Å². The molecular weight excluding hydrogens is 231 g/mol. The van der Waals surface area contributed by atoms with Crippen molar-refractivity contribution in [1.82, 2.24) is 4.90 Å². The van der Waals surface area contributed by atoms with Gasteiger partial charge < -0.3 is 10.0 Å². The van der Waals surface area contributed by atoms with Crippen LogP contribution in [0.2, 0.25) is 0 Å². The van der Waals surface area contributed by atoms with Crippen LogP contribution in [0.3, 0.4) is 0 Å². The van der Waals surface area contributed by atoms with Crippen molar-refractivity contribution in [2.45, 2.75) is 25.2 Å². The average Bonchev–Trinajstić information content (AvgIpc) is 2.25. The molecule has 17 heavy (non-hydrogen) atoms. The van der Waals surface area contributed by atoms with Crippen LogP contribution >= 0.6 is 0 Å². The van der Waals surface area contributed by atoms with Crippen molar-refractivity contribution in [2.75, 3.05) is 14.1 Å². The number of hydrogen-bond donors (Lipinski definition) is 1. The minimum Gasteiger partial charge on any atom is -0.379 e. The summed E-state index contributed by atoms with van der Waals surface area (Å²) in [7, 11) is 3.69. The van der Waals surface area contributed by atoms with E-state index in [4.69, 9.17) is 5.11 Å². The van der Waals surface area contributed by atoms with Gasteiger partial charge in [-0.1, -0.05) is 24.3 Å².